The maximum Gasteiger partial charge on any atom is 0.0739 e. The first-order valence-electron chi connectivity index (χ1n) is 7.22. The van der Waals surface area contributed by atoms with Crippen LogP contribution < -0.4 is 5.32 Å². The van der Waals surface area contributed by atoms with Crippen molar-refractivity contribution in [3.63, 3.8) is 0 Å². The average Bonchev–Trinajstić information content (AvgIpc) is 2.99. The topological polar surface area (TPSA) is 34.8 Å². The molecule has 0 saturated heterocycles. The molecule has 0 amide bonds. The van der Waals surface area contributed by atoms with Crippen LogP contribution in [0.15, 0.2) is 22.9 Å². The van der Waals surface area contributed by atoms with Crippen molar-refractivity contribution in [1.82, 2.24) is 19.7 Å². The van der Waals surface area contributed by atoms with Gasteiger partial charge in [-0.1, -0.05) is 6.92 Å². The van der Waals surface area contributed by atoms with Gasteiger partial charge in [0, 0.05) is 25.5 Å². The molecule has 0 aliphatic rings. The molecule has 0 unspecified atom stereocenters. The molecule has 0 saturated carbocycles. The molecular formula is C15H23BrN4. The van der Waals surface area contributed by atoms with Crippen molar-refractivity contribution < 1.29 is 0 Å². The van der Waals surface area contributed by atoms with E-state index in [2.05, 4.69) is 67.9 Å². The van der Waals surface area contributed by atoms with Gasteiger partial charge in [-0.3, -0.25) is 4.68 Å². The Hall–Kier alpha value is -1.07. The molecule has 1 N–H and O–H groups in total. The molecule has 2 aromatic rings. The van der Waals surface area contributed by atoms with Crippen LogP contribution in [0.1, 0.15) is 37.2 Å². The van der Waals surface area contributed by atoms with Crippen molar-refractivity contribution in [3.05, 3.63) is 39.9 Å². The molecular weight excluding hydrogens is 316 g/mol. The number of hydrogen-bond acceptors (Lipinski definition) is 2. The molecule has 0 aliphatic heterocycles. The highest BCUT2D eigenvalue weighted by molar-refractivity contribution is 9.10. The molecule has 20 heavy (non-hydrogen) atoms. The van der Waals surface area contributed by atoms with E-state index in [0.29, 0.717) is 0 Å². The van der Waals surface area contributed by atoms with E-state index in [0.717, 1.165) is 36.3 Å². The fourth-order valence-corrected chi connectivity index (χ4v) is 2.71. The largest absolute Gasteiger partial charge is 0.348 e. The Labute approximate surface area is 129 Å². The quantitative estimate of drug-likeness (QED) is 0.786. The van der Waals surface area contributed by atoms with Gasteiger partial charge >= 0.3 is 0 Å². The van der Waals surface area contributed by atoms with Gasteiger partial charge in [-0.15, -0.1) is 0 Å². The summed E-state index contributed by atoms with van der Waals surface area (Å²) >= 11 is 3.65. The zero-order valence-electron chi connectivity index (χ0n) is 12.5. The maximum absolute atomic E-state index is 4.54. The van der Waals surface area contributed by atoms with Crippen LogP contribution >= 0.6 is 15.9 Å². The van der Waals surface area contributed by atoms with E-state index in [1.54, 1.807) is 0 Å². The Balaban J connectivity index is 2.07. The molecule has 2 rings (SSSR count). The molecule has 0 aromatic carbocycles. The van der Waals surface area contributed by atoms with Gasteiger partial charge in [0.05, 0.1) is 22.4 Å². The third-order valence-electron chi connectivity index (χ3n) is 3.35. The lowest BCUT2D eigenvalue weighted by Crippen LogP contribution is -2.13. The second-order valence-electron chi connectivity index (χ2n) is 5.03. The van der Waals surface area contributed by atoms with Crippen LogP contribution in [-0.4, -0.2) is 20.9 Å². The van der Waals surface area contributed by atoms with Gasteiger partial charge in [0.15, 0.2) is 0 Å². The second-order valence-corrected chi connectivity index (χ2v) is 5.82. The minimum absolute atomic E-state index is 0.850. The van der Waals surface area contributed by atoms with Gasteiger partial charge in [0.25, 0.3) is 0 Å². The van der Waals surface area contributed by atoms with Crippen molar-refractivity contribution in [3.8, 4) is 0 Å². The number of nitrogens with one attached hydrogen (secondary N) is 1. The van der Waals surface area contributed by atoms with E-state index < -0.39 is 0 Å². The maximum atomic E-state index is 4.54. The lowest BCUT2D eigenvalue weighted by Gasteiger charge is -2.07. The summed E-state index contributed by atoms with van der Waals surface area (Å²) in [4.78, 5) is 0. The summed E-state index contributed by atoms with van der Waals surface area (Å²) in [6.07, 6.45) is 5.51. The number of halogens is 1. The van der Waals surface area contributed by atoms with Crippen LogP contribution in [0.5, 0.6) is 0 Å². The predicted molar refractivity (Wildman–Crippen MR) is 85.9 cm³/mol. The zero-order chi connectivity index (χ0) is 14.5. The van der Waals surface area contributed by atoms with Gasteiger partial charge in [0.2, 0.25) is 0 Å². The summed E-state index contributed by atoms with van der Waals surface area (Å²) in [6.45, 7) is 10.1. The fraction of sp³-hybridized carbons (Fsp3) is 0.533. The monoisotopic (exact) mass is 338 g/mol. The van der Waals surface area contributed by atoms with Gasteiger partial charge in [-0.25, -0.2) is 0 Å². The van der Waals surface area contributed by atoms with Gasteiger partial charge < -0.3 is 9.88 Å². The normalized spacial score (nSPS) is 11.2. The summed E-state index contributed by atoms with van der Waals surface area (Å²) in [5.74, 6) is 0. The van der Waals surface area contributed by atoms with Crippen LogP contribution in [-0.2, 0) is 19.6 Å². The SMILES string of the molecule is CCCNCc1ccn(Cc2c(Br)c(C)nn2CC)c1. The highest BCUT2D eigenvalue weighted by Crippen LogP contribution is 2.22. The highest BCUT2D eigenvalue weighted by Gasteiger charge is 2.12. The van der Waals surface area contributed by atoms with Crippen molar-refractivity contribution in [2.45, 2.75) is 46.8 Å². The standard InChI is InChI=1S/C15H23BrN4/c1-4-7-17-9-13-6-8-19(10-13)11-14-15(16)12(3)18-20(14)5-2/h6,8,10,17H,4-5,7,9,11H2,1-3H3. The van der Waals surface area contributed by atoms with Crippen molar-refractivity contribution in [2.75, 3.05) is 6.54 Å². The van der Waals surface area contributed by atoms with Crippen LogP contribution in [0.3, 0.4) is 0 Å². The first-order valence-corrected chi connectivity index (χ1v) is 8.02. The summed E-state index contributed by atoms with van der Waals surface area (Å²) in [6, 6.07) is 2.18. The Bertz CT molecular complexity index is 556. The third kappa shape index (κ3) is 3.52. The molecule has 0 spiro atoms. The first-order chi connectivity index (χ1) is 9.65. The number of nitrogens with zero attached hydrogens (tertiary/aromatic N) is 3. The van der Waals surface area contributed by atoms with E-state index in [4.69, 9.17) is 0 Å². The molecule has 4 nitrogen and oxygen atoms in total. The molecule has 0 bridgehead atoms. The molecule has 0 aliphatic carbocycles. The molecule has 2 heterocycles. The molecule has 0 atom stereocenters. The van der Waals surface area contributed by atoms with Crippen molar-refractivity contribution in [1.29, 1.82) is 0 Å². The second kappa shape index (κ2) is 7.09. The lowest BCUT2D eigenvalue weighted by molar-refractivity contribution is 0.596. The lowest BCUT2D eigenvalue weighted by atomic mass is 10.3. The summed E-state index contributed by atoms with van der Waals surface area (Å²) in [7, 11) is 0. The number of aryl methyl sites for hydroxylation is 2. The Kier molecular flexibility index (Phi) is 5.43. The summed E-state index contributed by atoms with van der Waals surface area (Å²) in [5.41, 5.74) is 3.61. The number of aromatic nitrogens is 3. The van der Waals surface area contributed by atoms with Crippen LogP contribution in [0.25, 0.3) is 0 Å². The van der Waals surface area contributed by atoms with Crippen LogP contribution in [0, 0.1) is 6.92 Å². The van der Waals surface area contributed by atoms with Crippen LogP contribution in [0.4, 0.5) is 0 Å². The first kappa shape index (κ1) is 15.3. The Morgan fingerprint density at radius 3 is 2.85 bits per heavy atom. The highest BCUT2D eigenvalue weighted by atomic mass is 79.9. The van der Waals surface area contributed by atoms with E-state index in [1.807, 2.05) is 6.92 Å². The Morgan fingerprint density at radius 1 is 1.35 bits per heavy atom. The third-order valence-corrected chi connectivity index (χ3v) is 4.38. The smallest absolute Gasteiger partial charge is 0.0739 e. The molecule has 0 fully saturated rings. The average molecular weight is 339 g/mol. The van der Waals surface area contributed by atoms with E-state index in [1.165, 1.54) is 17.7 Å². The van der Waals surface area contributed by atoms with Crippen molar-refractivity contribution in [2.24, 2.45) is 0 Å². The van der Waals surface area contributed by atoms with Gasteiger partial charge in [-0.2, -0.15) is 5.10 Å². The van der Waals surface area contributed by atoms with Gasteiger partial charge in [-0.05, 0) is 54.4 Å². The van der Waals surface area contributed by atoms with E-state index >= 15 is 0 Å². The molecule has 2 aromatic heterocycles. The zero-order valence-corrected chi connectivity index (χ0v) is 14.1. The van der Waals surface area contributed by atoms with Crippen LogP contribution in [0.2, 0.25) is 0 Å². The summed E-state index contributed by atoms with van der Waals surface area (Å²) < 4.78 is 5.41. The van der Waals surface area contributed by atoms with E-state index in [-0.39, 0.29) is 0 Å². The fourth-order valence-electron chi connectivity index (χ4n) is 2.30. The summed E-state index contributed by atoms with van der Waals surface area (Å²) in [5, 5.41) is 7.96. The molecule has 5 heteroatoms. The number of hydrogen-bond donors (Lipinski definition) is 1. The Morgan fingerprint density at radius 2 is 2.15 bits per heavy atom. The predicted octanol–water partition coefficient (Wildman–Crippen LogP) is 3.32. The molecule has 0 radical (unpaired) electrons. The minimum Gasteiger partial charge on any atom is -0.348 e. The number of rotatable bonds is 7. The minimum atomic E-state index is 0.850. The van der Waals surface area contributed by atoms with E-state index in [9.17, 15) is 0 Å². The van der Waals surface area contributed by atoms with Gasteiger partial charge in [0.1, 0.15) is 0 Å². The molecule has 110 valence electrons. The van der Waals surface area contributed by atoms with Crippen molar-refractivity contribution >= 4 is 15.9 Å².